The Hall–Kier alpha value is -4.53. The van der Waals surface area contributed by atoms with Crippen molar-refractivity contribution in [1.29, 1.82) is 5.26 Å². The maximum atomic E-state index is 13.6. The highest BCUT2D eigenvalue weighted by atomic mass is 19.4. The van der Waals surface area contributed by atoms with Gasteiger partial charge in [0.2, 0.25) is 0 Å². The van der Waals surface area contributed by atoms with E-state index < -0.39 is 29.7 Å². The summed E-state index contributed by atoms with van der Waals surface area (Å²) in [6, 6.07) is 11.1. The van der Waals surface area contributed by atoms with Gasteiger partial charge in [-0.25, -0.2) is 14.4 Å². The van der Waals surface area contributed by atoms with Gasteiger partial charge in [-0.2, -0.15) is 5.26 Å². The van der Waals surface area contributed by atoms with Gasteiger partial charge in [-0.1, -0.05) is 19.1 Å². The molecule has 0 spiro atoms. The molecule has 36 heavy (non-hydrogen) atoms. The summed E-state index contributed by atoms with van der Waals surface area (Å²) < 4.78 is 54.4. The molecule has 186 valence electrons. The lowest BCUT2D eigenvalue weighted by Gasteiger charge is -2.12. The zero-order chi connectivity index (χ0) is 26.3. The van der Waals surface area contributed by atoms with Crippen molar-refractivity contribution in [2.24, 2.45) is 0 Å². The van der Waals surface area contributed by atoms with Crippen LogP contribution in [0, 0.1) is 17.1 Å². The maximum Gasteiger partial charge on any atom is 0.573 e. The number of aryl methyl sites for hydroxylation is 1. The van der Waals surface area contributed by atoms with E-state index >= 15 is 0 Å². The number of carbonyl (C=O) groups is 2. The molecule has 0 saturated carbocycles. The highest BCUT2D eigenvalue weighted by Crippen LogP contribution is 2.26. The summed E-state index contributed by atoms with van der Waals surface area (Å²) in [5.74, 6) is -3.52. The predicted molar refractivity (Wildman–Crippen MR) is 118 cm³/mol. The number of nitriles is 1. The lowest BCUT2D eigenvalue weighted by atomic mass is 10.0. The summed E-state index contributed by atoms with van der Waals surface area (Å²) in [6.45, 7) is 1.84. The first-order valence-electron chi connectivity index (χ1n) is 10.5. The van der Waals surface area contributed by atoms with Gasteiger partial charge in [-0.3, -0.25) is 9.59 Å². The van der Waals surface area contributed by atoms with Crippen LogP contribution < -0.4 is 15.4 Å². The van der Waals surface area contributed by atoms with Gasteiger partial charge in [-0.05, 0) is 47.4 Å². The average molecular weight is 501 g/mol. The molecule has 0 saturated heterocycles. The molecular weight excluding hydrogens is 482 g/mol. The quantitative estimate of drug-likeness (QED) is 0.454. The monoisotopic (exact) mass is 501 g/mol. The Kier molecular flexibility index (Phi) is 8.16. The molecule has 0 bridgehead atoms. The largest absolute Gasteiger partial charge is 0.573 e. The van der Waals surface area contributed by atoms with E-state index in [4.69, 9.17) is 5.26 Å². The molecule has 0 unspecified atom stereocenters. The van der Waals surface area contributed by atoms with Crippen molar-refractivity contribution in [2.45, 2.75) is 32.8 Å². The number of benzene rings is 2. The van der Waals surface area contributed by atoms with Crippen LogP contribution in [0.15, 0.2) is 48.8 Å². The van der Waals surface area contributed by atoms with E-state index in [2.05, 4.69) is 31.4 Å². The van der Waals surface area contributed by atoms with Gasteiger partial charge in [0.05, 0.1) is 11.6 Å². The fourth-order valence-electron chi connectivity index (χ4n) is 3.20. The van der Waals surface area contributed by atoms with E-state index in [1.165, 1.54) is 6.07 Å². The summed E-state index contributed by atoms with van der Waals surface area (Å²) in [6.07, 6.45) is -3.38. The SMILES string of the molecule is CCc1cc(C#N)ccc1CNC(=O)c1cc(C(=O)NCc2ccc(F)c(OC(F)(F)F)c2)ncn1. The molecule has 0 aliphatic rings. The van der Waals surface area contributed by atoms with Gasteiger partial charge in [0, 0.05) is 19.2 Å². The highest BCUT2D eigenvalue weighted by Gasteiger charge is 2.32. The second-order valence-corrected chi connectivity index (χ2v) is 7.42. The third-order valence-corrected chi connectivity index (χ3v) is 4.96. The van der Waals surface area contributed by atoms with Gasteiger partial charge in [0.15, 0.2) is 11.6 Å². The molecule has 2 N–H and O–H groups in total. The fourth-order valence-corrected chi connectivity index (χ4v) is 3.20. The maximum absolute atomic E-state index is 13.6. The Morgan fingerprint density at radius 3 is 2.25 bits per heavy atom. The van der Waals surface area contributed by atoms with Crippen molar-refractivity contribution >= 4 is 11.8 Å². The van der Waals surface area contributed by atoms with Crippen molar-refractivity contribution in [2.75, 3.05) is 0 Å². The van der Waals surface area contributed by atoms with Crippen LogP contribution in [0.2, 0.25) is 0 Å². The molecule has 2 amide bonds. The molecule has 0 radical (unpaired) electrons. The van der Waals surface area contributed by atoms with Gasteiger partial charge in [0.1, 0.15) is 17.7 Å². The third kappa shape index (κ3) is 6.99. The lowest BCUT2D eigenvalue weighted by Crippen LogP contribution is -2.27. The number of hydrogen-bond acceptors (Lipinski definition) is 6. The Morgan fingerprint density at radius 1 is 0.972 bits per heavy atom. The summed E-state index contributed by atoms with van der Waals surface area (Å²) in [5, 5.41) is 14.1. The predicted octanol–water partition coefficient (Wildman–Crippen LogP) is 3.81. The number of ether oxygens (including phenoxy) is 1. The summed E-state index contributed by atoms with van der Waals surface area (Å²) in [7, 11) is 0. The number of halogens is 4. The first-order valence-corrected chi connectivity index (χ1v) is 10.5. The Labute approximate surface area is 202 Å². The van der Waals surface area contributed by atoms with Crippen molar-refractivity contribution in [1.82, 2.24) is 20.6 Å². The lowest BCUT2D eigenvalue weighted by molar-refractivity contribution is -0.275. The number of alkyl halides is 3. The standard InChI is InChI=1S/C24H19F4N5O3/c1-2-16-7-14(10-29)3-5-17(16)12-31-23(35)20-9-19(32-13-33-20)22(34)30-11-15-4-6-18(25)21(8-15)36-24(26,27)28/h3-9,13H,2,11-12H2,1H3,(H,30,34)(H,31,35). The number of hydrogen-bond donors (Lipinski definition) is 2. The minimum absolute atomic E-state index is 0.0792. The molecule has 2 aromatic carbocycles. The number of carbonyl (C=O) groups excluding carboxylic acids is 2. The molecule has 1 heterocycles. The first-order chi connectivity index (χ1) is 17.1. The van der Waals surface area contributed by atoms with Crippen LogP contribution in [0.5, 0.6) is 5.75 Å². The molecule has 12 heteroatoms. The van der Waals surface area contributed by atoms with E-state index in [1.807, 2.05) is 6.92 Å². The second-order valence-electron chi connectivity index (χ2n) is 7.42. The smallest absolute Gasteiger partial charge is 0.403 e. The van der Waals surface area contributed by atoms with E-state index in [-0.39, 0.29) is 30.0 Å². The topological polar surface area (TPSA) is 117 Å². The first kappa shape index (κ1) is 26.1. The van der Waals surface area contributed by atoms with Crippen molar-refractivity contribution in [3.05, 3.63) is 88.3 Å². The second kappa shape index (κ2) is 11.3. The van der Waals surface area contributed by atoms with Gasteiger partial charge < -0.3 is 15.4 Å². The zero-order valence-electron chi connectivity index (χ0n) is 18.8. The molecule has 3 rings (SSSR count). The van der Waals surface area contributed by atoms with Gasteiger partial charge in [-0.15, -0.1) is 13.2 Å². The summed E-state index contributed by atoms with van der Waals surface area (Å²) >= 11 is 0. The van der Waals surface area contributed by atoms with E-state index in [9.17, 15) is 27.2 Å². The Morgan fingerprint density at radius 2 is 1.64 bits per heavy atom. The van der Waals surface area contributed by atoms with Gasteiger partial charge >= 0.3 is 6.36 Å². The van der Waals surface area contributed by atoms with Crippen LogP contribution in [0.1, 0.15) is 50.2 Å². The Bertz CT molecular complexity index is 1320. The molecule has 0 aliphatic heterocycles. The number of rotatable bonds is 8. The number of amides is 2. The van der Waals surface area contributed by atoms with E-state index in [1.54, 1.807) is 18.2 Å². The fraction of sp³-hybridized carbons (Fsp3) is 0.208. The van der Waals surface area contributed by atoms with Crippen LogP contribution in [0.3, 0.4) is 0 Å². The normalized spacial score (nSPS) is 10.9. The molecule has 8 nitrogen and oxygen atoms in total. The van der Waals surface area contributed by atoms with Crippen LogP contribution in [0.4, 0.5) is 17.6 Å². The number of aromatic nitrogens is 2. The van der Waals surface area contributed by atoms with Crippen LogP contribution >= 0.6 is 0 Å². The van der Waals surface area contributed by atoms with Crippen LogP contribution in [-0.4, -0.2) is 28.1 Å². The molecule has 1 aromatic heterocycles. The average Bonchev–Trinajstić information content (AvgIpc) is 2.86. The van der Waals surface area contributed by atoms with Crippen LogP contribution in [0.25, 0.3) is 0 Å². The molecule has 0 aliphatic carbocycles. The van der Waals surface area contributed by atoms with E-state index in [0.717, 1.165) is 35.7 Å². The number of nitrogens with zero attached hydrogens (tertiary/aromatic N) is 3. The Balaban J connectivity index is 1.63. The summed E-state index contributed by atoms with van der Waals surface area (Å²) in [5.41, 5.74) is 2.15. The molecular formula is C24H19F4N5O3. The molecule has 3 aromatic rings. The number of nitrogens with one attached hydrogen (secondary N) is 2. The third-order valence-electron chi connectivity index (χ3n) is 4.96. The minimum Gasteiger partial charge on any atom is -0.403 e. The van der Waals surface area contributed by atoms with Crippen molar-refractivity contribution in [3.8, 4) is 11.8 Å². The van der Waals surface area contributed by atoms with Crippen molar-refractivity contribution in [3.63, 3.8) is 0 Å². The zero-order valence-corrected chi connectivity index (χ0v) is 18.8. The molecule has 0 fully saturated rings. The van der Waals surface area contributed by atoms with Crippen molar-refractivity contribution < 1.29 is 31.9 Å². The summed E-state index contributed by atoms with van der Waals surface area (Å²) in [4.78, 5) is 32.7. The van der Waals surface area contributed by atoms with Gasteiger partial charge in [0.25, 0.3) is 11.8 Å². The van der Waals surface area contributed by atoms with E-state index in [0.29, 0.717) is 12.0 Å². The van der Waals surface area contributed by atoms with Crippen LogP contribution in [-0.2, 0) is 19.5 Å². The molecule has 0 atom stereocenters. The minimum atomic E-state index is -5.07. The highest BCUT2D eigenvalue weighted by molar-refractivity contribution is 5.97.